The summed E-state index contributed by atoms with van der Waals surface area (Å²) in [6.07, 6.45) is 0.472. The van der Waals surface area contributed by atoms with Gasteiger partial charge >= 0.3 is 5.97 Å². The number of carbonyl (C=O) groups excluding carboxylic acids is 1. The largest absolute Gasteiger partial charge is 0.468 e. The van der Waals surface area contributed by atoms with E-state index in [2.05, 4.69) is 4.74 Å². The molecule has 5 heteroatoms. The molecular formula is C11H17N2O3+. The standard InChI is InChI=1S/C11H16N2O3/c1-15-11(14)10(12)7-8-3-5-9(6-4-8)13-16-2/h3-6,10,13H,7,12H2,1-2H3/p+1. The maximum Gasteiger partial charge on any atom is 0.322 e. The number of hydrogen-bond donors (Lipinski definition) is 2. The summed E-state index contributed by atoms with van der Waals surface area (Å²) in [6.45, 7) is 0. The smallest absolute Gasteiger partial charge is 0.322 e. The van der Waals surface area contributed by atoms with E-state index in [1.165, 1.54) is 7.11 Å². The minimum Gasteiger partial charge on any atom is -0.468 e. The molecule has 1 atom stereocenters. The lowest BCUT2D eigenvalue weighted by Crippen LogP contribution is -2.75. The van der Waals surface area contributed by atoms with E-state index in [-0.39, 0.29) is 0 Å². The molecule has 0 heterocycles. The van der Waals surface area contributed by atoms with Crippen LogP contribution in [0.4, 0.5) is 5.69 Å². The monoisotopic (exact) mass is 225 g/mol. The molecule has 88 valence electrons. The Morgan fingerprint density at radius 1 is 1.38 bits per heavy atom. The first-order chi connectivity index (χ1) is 7.67. The zero-order chi connectivity index (χ0) is 12.0. The van der Waals surface area contributed by atoms with Gasteiger partial charge in [-0.25, -0.2) is 4.84 Å². The third kappa shape index (κ3) is 3.62. The third-order valence-corrected chi connectivity index (χ3v) is 2.19. The molecule has 0 aliphatic carbocycles. The molecule has 0 spiro atoms. The van der Waals surface area contributed by atoms with Crippen molar-refractivity contribution in [2.75, 3.05) is 14.2 Å². The Bertz CT molecular complexity index is 338. The molecule has 16 heavy (non-hydrogen) atoms. The summed E-state index contributed by atoms with van der Waals surface area (Å²) >= 11 is 0. The van der Waals surface area contributed by atoms with E-state index in [9.17, 15) is 4.79 Å². The summed E-state index contributed by atoms with van der Waals surface area (Å²) in [5.41, 5.74) is 9.25. The van der Waals surface area contributed by atoms with Crippen molar-refractivity contribution >= 4 is 11.7 Å². The van der Waals surface area contributed by atoms with E-state index < -0.39 is 12.0 Å². The number of carbonyl (C=O) groups is 1. The molecule has 0 fully saturated rings. The average Bonchev–Trinajstić information content (AvgIpc) is 2.31. The molecule has 1 aromatic carbocycles. The molecule has 5 nitrogen and oxygen atoms in total. The SMILES string of the molecule is CO[NH2+]c1ccc(CC(N)C(=O)OC)cc1. The lowest BCUT2D eigenvalue weighted by molar-refractivity contribution is -0.830. The second kappa shape index (κ2) is 6.22. The first kappa shape index (κ1) is 12.6. The summed E-state index contributed by atoms with van der Waals surface area (Å²) in [5.74, 6) is -0.396. The number of ether oxygens (including phenoxy) is 1. The van der Waals surface area contributed by atoms with Crippen molar-refractivity contribution in [2.24, 2.45) is 5.73 Å². The molecule has 1 unspecified atom stereocenters. The molecule has 0 amide bonds. The Hall–Kier alpha value is -1.43. The fourth-order valence-corrected chi connectivity index (χ4v) is 1.36. The van der Waals surface area contributed by atoms with E-state index >= 15 is 0 Å². The van der Waals surface area contributed by atoms with Crippen LogP contribution >= 0.6 is 0 Å². The van der Waals surface area contributed by atoms with Gasteiger partial charge in [0, 0.05) is 12.1 Å². The Balaban J connectivity index is 2.58. The average molecular weight is 225 g/mol. The highest BCUT2D eigenvalue weighted by molar-refractivity contribution is 5.75. The molecule has 1 rings (SSSR count). The van der Waals surface area contributed by atoms with E-state index in [1.807, 2.05) is 24.3 Å². The van der Waals surface area contributed by atoms with Gasteiger partial charge in [0.1, 0.15) is 6.04 Å². The Kier molecular flexibility index (Phi) is 4.91. The van der Waals surface area contributed by atoms with Crippen molar-refractivity contribution in [3.8, 4) is 0 Å². The van der Waals surface area contributed by atoms with Crippen LogP contribution in [-0.4, -0.2) is 26.2 Å². The summed E-state index contributed by atoms with van der Waals surface area (Å²) in [6, 6.07) is 7.02. The van der Waals surface area contributed by atoms with Crippen molar-refractivity contribution in [1.82, 2.24) is 0 Å². The predicted octanol–water partition coefficient (Wildman–Crippen LogP) is -0.514. The summed E-state index contributed by atoms with van der Waals surface area (Å²) in [4.78, 5) is 16.0. The van der Waals surface area contributed by atoms with Crippen LogP contribution in [0.1, 0.15) is 5.56 Å². The number of quaternary nitrogens is 1. The summed E-state index contributed by atoms with van der Waals surface area (Å²) < 4.78 is 4.56. The van der Waals surface area contributed by atoms with E-state index in [0.717, 1.165) is 11.3 Å². The number of benzene rings is 1. The molecular weight excluding hydrogens is 208 g/mol. The van der Waals surface area contributed by atoms with Crippen LogP contribution in [0, 0.1) is 0 Å². The molecule has 0 saturated heterocycles. The third-order valence-electron chi connectivity index (χ3n) is 2.19. The van der Waals surface area contributed by atoms with Crippen LogP contribution in [0.5, 0.6) is 0 Å². The molecule has 4 N–H and O–H groups in total. The molecule has 0 saturated carbocycles. The quantitative estimate of drug-likeness (QED) is 0.402. The van der Waals surface area contributed by atoms with Gasteiger partial charge in [-0.2, -0.15) is 5.48 Å². The van der Waals surface area contributed by atoms with Gasteiger partial charge in [-0.1, -0.05) is 12.1 Å². The molecule has 0 aliphatic heterocycles. The molecule has 0 aromatic heterocycles. The van der Waals surface area contributed by atoms with Crippen LogP contribution in [0.15, 0.2) is 24.3 Å². The summed E-state index contributed by atoms with van der Waals surface area (Å²) in [5, 5.41) is 0. The lowest BCUT2D eigenvalue weighted by Gasteiger charge is -2.08. The predicted molar refractivity (Wildman–Crippen MR) is 58.7 cm³/mol. The molecule has 1 aromatic rings. The topological polar surface area (TPSA) is 78.2 Å². The van der Waals surface area contributed by atoms with Crippen molar-refractivity contribution < 1.29 is 19.8 Å². The number of methoxy groups -OCH3 is 1. The van der Waals surface area contributed by atoms with Crippen molar-refractivity contribution in [1.29, 1.82) is 0 Å². The highest BCUT2D eigenvalue weighted by Crippen LogP contribution is 2.07. The molecule has 0 aliphatic rings. The fraction of sp³-hybridized carbons (Fsp3) is 0.364. The Labute approximate surface area is 94.5 Å². The van der Waals surface area contributed by atoms with E-state index in [4.69, 9.17) is 10.6 Å². The number of nitrogens with two attached hydrogens (primary N) is 2. The molecule has 0 bridgehead atoms. The van der Waals surface area contributed by atoms with Gasteiger partial charge in [0.25, 0.3) is 0 Å². The highest BCUT2D eigenvalue weighted by atomic mass is 16.6. The zero-order valence-electron chi connectivity index (χ0n) is 9.47. The minimum absolute atomic E-state index is 0.396. The number of esters is 1. The normalized spacial score (nSPS) is 12.2. The zero-order valence-corrected chi connectivity index (χ0v) is 9.47. The second-order valence-electron chi connectivity index (χ2n) is 3.43. The van der Waals surface area contributed by atoms with Gasteiger partial charge in [0.15, 0.2) is 5.69 Å². The summed E-state index contributed by atoms with van der Waals surface area (Å²) in [7, 11) is 2.93. The van der Waals surface area contributed by atoms with Crippen molar-refractivity contribution in [2.45, 2.75) is 12.5 Å². The maximum absolute atomic E-state index is 11.1. The number of hydrogen-bond acceptors (Lipinski definition) is 4. The molecule has 0 radical (unpaired) electrons. The van der Waals surface area contributed by atoms with Gasteiger partial charge in [0.2, 0.25) is 0 Å². The van der Waals surface area contributed by atoms with Gasteiger partial charge in [0.05, 0.1) is 14.2 Å². The van der Waals surface area contributed by atoms with Crippen LogP contribution in [0.25, 0.3) is 0 Å². The minimum atomic E-state index is -0.609. The number of rotatable bonds is 5. The van der Waals surface area contributed by atoms with Gasteiger partial charge < -0.3 is 10.5 Å². The van der Waals surface area contributed by atoms with Crippen LogP contribution in [-0.2, 0) is 20.8 Å². The Morgan fingerprint density at radius 3 is 2.50 bits per heavy atom. The van der Waals surface area contributed by atoms with Crippen molar-refractivity contribution in [3.63, 3.8) is 0 Å². The van der Waals surface area contributed by atoms with Gasteiger partial charge in [-0.05, 0) is 12.0 Å². The first-order valence-electron chi connectivity index (χ1n) is 4.95. The van der Waals surface area contributed by atoms with E-state index in [0.29, 0.717) is 6.42 Å². The highest BCUT2D eigenvalue weighted by Gasteiger charge is 2.14. The van der Waals surface area contributed by atoms with Crippen LogP contribution in [0.2, 0.25) is 0 Å². The Morgan fingerprint density at radius 2 is 2.00 bits per heavy atom. The van der Waals surface area contributed by atoms with Gasteiger partial charge in [-0.15, -0.1) is 0 Å². The maximum atomic E-state index is 11.1. The van der Waals surface area contributed by atoms with Gasteiger partial charge in [-0.3, -0.25) is 4.79 Å². The second-order valence-corrected chi connectivity index (χ2v) is 3.43. The lowest BCUT2D eigenvalue weighted by atomic mass is 10.1. The fourth-order valence-electron chi connectivity index (χ4n) is 1.36. The van der Waals surface area contributed by atoms with Crippen molar-refractivity contribution in [3.05, 3.63) is 29.8 Å². The van der Waals surface area contributed by atoms with E-state index in [1.54, 1.807) is 12.6 Å². The van der Waals surface area contributed by atoms with Crippen LogP contribution < -0.4 is 11.2 Å². The first-order valence-corrected chi connectivity index (χ1v) is 4.95. The van der Waals surface area contributed by atoms with Crippen LogP contribution in [0.3, 0.4) is 0 Å².